The van der Waals surface area contributed by atoms with E-state index in [4.69, 9.17) is 9.47 Å². The average molecular weight is 410 g/mol. The normalized spacial score (nSPS) is 25.1. The summed E-state index contributed by atoms with van der Waals surface area (Å²) in [5.41, 5.74) is 1.95. The Morgan fingerprint density at radius 2 is 1.70 bits per heavy atom. The molecule has 30 heavy (non-hydrogen) atoms. The van der Waals surface area contributed by atoms with Crippen molar-refractivity contribution in [2.75, 3.05) is 37.7 Å². The summed E-state index contributed by atoms with van der Waals surface area (Å²) in [5, 5.41) is 0. The molecule has 1 amide bonds. The lowest BCUT2D eigenvalue weighted by Gasteiger charge is -2.53. The lowest BCUT2D eigenvalue weighted by molar-refractivity contribution is -0.984. The summed E-state index contributed by atoms with van der Waals surface area (Å²) in [6.45, 7) is 7.07. The van der Waals surface area contributed by atoms with Gasteiger partial charge in [0.2, 0.25) is 6.23 Å². The van der Waals surface area contributed by atoms with E-state index in [1.165, 1.54) is 12.8 Å². The number of carbonyl (C=O) groups excluding carboxylic acids is 1. The van der Waals surface area contributed by atoms with Crippen LogP contribution in [0.25, 0.3) is 0 Å². The molecular formula is C25H33N2O3+. The lowest BCUT2D eigenvalue weighted by Crippen LogP contribution is -2.66. The summed E-state index contributed by atoms with van der Waals surface area (Å²) in [6, 6.07) is 19.9. The van der Waals surface area contributed by atoms with E-state index in [-0.39, 0.29) is 12.3 Å². The van der Waals surface area contributed by atoms with Crippen molar-refractivity contribution in [2.24, 2.45) is 5.92 Å². The molecule has 3 aliphatic heterocycles. The molecule has 0 N–H and O–H groups in total. The Morgan fingerprint density at radius 3 is 2.37 bits per heavy atom. The second kappa shape index (κ2) is 9.63. The summed E-state index contributed by atoms with van der Waals surface area (Å²) in [5.74, 6) is 0.675. The van der Waals surface area contributed by atoms with E-state index < -0.39 is 0 Å². The van der Waals surface area contributed by atoms with Gasteiger partial charge < -0.3 is 9.47 Å². The minimum absolute atomic E-state index is 0.0764. The highest BCUT2D eigenvalue weighted by molar-refractivity contribution is 5.87. The topological polar surface area (TPSA) is 38.8 Å². The van der Waals surface area contributed by atoms with Crippen molar-refractivity contribution in [3.8, 4) is 0 Å². The summed E-state index contributed by atoms with van der Waals surface area (Å²) < 4.78 is 12.8. The number of amides is 1. The van der Waals surface area contributed by atoms with Gasteiger partial charge in [0.15, 0.2) is 0 Å². The lowest BCUT2D eigenvalue weighted by atomic mass is 9.84. The van der Waals surface area contributed by atoms with E-state index in [0.717, 1.165) is 55.0 Å². The number of fused-ring (bicyclic) bond motifs is 3. The monoisotopic (exact) mass is 409 g/mol. The van der Waals surface area contributed by atoms with Gasteiger partial charge in [-0.25, -0.2) is 4.79 Å². The van der Waals surface area contributed by atoms with Gasteiger partial charge in [-0.3, -0.25) is 9.38 Å². The fourth-order valence-corrected chi connectivity index (χ4v) is 4.90. The number of para-hydroxylation sites is 1. The van der Waals surface area contributed by atoms with E-state index in [1.807, 2.05) is 67.6 Å². The fourth-order valence-electron chi connectivity index (χ4n) is 4.90. The van der Waals surface area contributed by atoms with Crippen LogP contribution in [0.15, 0.2) is 60.7 Å². The fraction of sp³-hybridized carbons (Fsp3) is 0.480. The first kappa shape index (κ1) is 20.9. The van der Waals surface area contributed by atoms with Crippen LogP contribution in [0.2, 0.25) is 0 Å². The molecule has 1 atom stereocenters. The predicted molar refractivity (Wildman–Crippen MR) is 118 cm³/mol. The molecule has 0 spiro atoms. The number of benzene rings is 2. The predicted octanol–water partition coefficient (Wildman–Crippen LogP) is 4.82. The highest BCUT2D eigenvalue weighted by Crippen LogP contribution is 2.39. The van der Waals surface area contributed by atoms with Gasteiger partial charge in [-0.05, 0) is 30.5 Å². The average Bonchev–Trinajstić information content (AvgIpc) is 2.80. The zero-order chi connectivity index (χ0) is 20.8. The van der Waals surface area contributed by atoms with Crippen molar-refractivity contribution in [1.82, 2.24) is 0 Å². The van der Waals surface area contributed by atoms with Crippen LogP contribution in [0, 0.1) is 5.92 Å². The third kappa shape index (κ3) is 4.68. The largest absolute Gasteiger partial charge is 0.419 e. The quantitative estimate of drug-likeness (QED) is 0.463. The van der Waals surface area contributed by atoms with Gasteiger partial charge in [0.05, 0.1) is 26.2 Å². The van der Waals surface area contributed by atoms with Crippen LogP contribution in [0.4, 0.5) is 10.5 Å². The molecule has 3 heterocycles. The first-order valence-electron chi connectivity index (χ1n) is 11.2. The van der Waals surface area contributed by atoms with Crippen LogP contribution in [-0.2, 0) is 16.0 Å². The SMILES string of the molecule is CCOCC[N+]12CCC(CC1)C[C@H]2OC(=O)N(Cc1ccccc1)c1ccccc1. The van der Waals surface area contributed by atoms with Crippen molar-refractivity contribution in [2.45, 2.75) is 39.0 Å². The highest BCUT2D eigenvalue weighted by atomic mass is 16.6. The minimum atomic E-state index is -0.253. The Hall–Kier alpha value is -2.37. The van der Waals surface area contributed by atoms with Crippen LogP contribution in [0.1, 0.15) is 31.7 Å². The Balaban J connectivity index is 1.52. The van der Waals surface area contributed by atoms with Crippen LogP contribution in [-0.4, -0.2) is 49.7 Å². The summed E-state index contributed by atoms with van der Waals surface area (Å²) >= 11 is 0. The smallest absolute Gasteiger partial charge is 0.396 e. The number of hydrogen-bond donors (Lipinski definition) is 0. The maximum absolute atomic E-state index is 13.4. The number of quaternary nitrogens is 1. The second-order valence-electron chi connectivity index (χ2n) is 8.51. The maximum Gasteiger partial charge on any atom is 0.419 e. The van der Waals surface area contributed by atoms with Crippen molar-refractivity contribution in [3.63, 3.8) is 0 Å². The van der Waals surface area contributed by atoms with E-state index >= 15 is 0 Å². The van der Waals surface area contributed by atoms with Gasteiger partial charge >= 0.3 is 6.09 Å². The molecule has 0 aliphatic carbocycles. The molecule has 0 radical (unpaired) electrons. The molecule has 0 unspecified atom stereocenters. The van der Waals surface area contributed by atoms with E-state index in [0.29, 0.717) is 12.5 Å². The van der Waals surface area contributed by atoms with Gasteiger partial charge in [0.25, 0.3) is 0 Å². The maximum atomic E-state index is 13.4. The van der Waals surface area contributed by atoms with E-state index in [1.54, 1.807) is 4.90 Å². The molecular weight excluding hydrogens is 376 g/mol. The molecule has 3 saturated heterocycles. The molecule has 5 rings (SSSR count). The number of piperidine rings is 3. The highest BCUT2D eigenvalue weighted by Gasteiger charge is 2.49. The number of carbonyl (C=O) groups is 1. The molecule has 3 aliphatic rings. The molecule has 2 bridgehead atoms. The summed E-state index contributed by atoms with van der Waals surface area (Å²) in [7, 11) is 0. The number of nitrogens with zero attached hydrogens (tertiary/aromatic N) is 2. The third-order valence-corrected chi connectivity index (χ3v) is 6.70. The van der Waals surface area contributed by atoms with Gasteiger partial charge in [-0.1, -0.05) is 48.5 Å². The van der Waals surface area contributed by atoms with Crippen LogP contribution in [0.3, 0.4) is 0 Å². The number of anilines is 1. The van der Waals surface area contributed by atoms with Crippen LogP contribution in [0.5, 0.6) is 0 Å². The van der Waals surface area contributed by atoms with Crippen molar-refractivity contribution < 1.29 is 18.8 Å². The minimum Gasteiger partial charge on any atom is -0.396 e. The zero-order valence-corrected chi connectivity index (χ0v) is 17.9. The Morgan fingerprint density at radius 1 is 1.03 bits per heavy atom. The molecule has 2 aromatic carbocycles. The van der Waals surface area contributed by atoms with Crippen molar-refractivity contribution in [1.29, 1.82) is 0 Å². The molecule has 160 valence electrons. The van der Waals surface area contributed by atoms with E-state index in [2.05, 4.69) is 0 Å². The Labute approximate surface area is 179 Å². The Kier molecular flexibility index (Phi) is 6.70. The molecule has 2 aromatic rings. The van der Waals surface area contributed by atoms with Gasteiger partial charge in [-0.2, -0.15) is 0 Å². The standard InChI is InChI=1S/C25H33N2O3/c1-2-29-18-17-27-15-13-21(14-16-27)19-24(27)30-25(28)26(23-11-7-4-8-12-23)20-22-9-5-3-6-10-22/h3-12,21,24H,2,13-20H2,1H3/q+1/t21?,24-,27?/m1/s1. The van der Waals surface area contributed by atoms with Crippen molar-refractivity contribution >= 4 is 11.8 Å². The molecule has 5 heteroatoms. The molecule has 5 nitrogen and oxygen atoms in total. The van der Waals surface area contributed by atoms with Gasteiger partial charge in [0, 0.05) is 31.6 Å². The van der Waals surface area contributed by atoms with Crippen molar-refractivity contribution in [3.05, 3.63) is 66.2 Å². The first-order chi connectivity index (χ1) is 14.7. The van der Waals surface area contributed by atoms with Crippen LogP contribution >= 0.6 is 0 Å². The molecule has 0 saturated carbocycles. The zero-order valence-electron chi connectivity index (χ0n) is 17.9. The first-order valence-corrected chi connectivity index (χ1v) is 11.2. The van der Waals surface area contributed by atoms with Gasteiger partial charge in [-0.15, -0.1) is 0 Å². The number of rotatable bonds is 8. The number of ether oxygens (including phenoxy) is 2. The third-order valence-electron chi connectivity index (χ3n) is 6.70. The second-order valence-corrected chi connectivity index (χ2v) is 8.51. The van der Waals surface area contributed by atoms with Crippen LogP contribution < -0.4 is 4.90 Å². The molecule has 0 aromatic heterocycles. The number of hydrogen-bond acceptors (Lipinski definition) is 3. The Bertz CT molecular complexity index is 804. The summed E-state index contributed by atoms with van der Waals surface area (Å²) in [6.07, 6.45) is 3.09. The van der Waals surface area contributed by atoms with E-state index in [9.17, 15) is 4.79 Å². The van der Waals surface area contributed by atoms with Gasteiger partial charge in [0.1, 0.15) is 6.54 Å². The molecule has 3 fully saturated rings. The summed E-state index contributed by atoms with van der Waals surface area (Å²) in [4.78, 5) is 15.2.